The molecule has 0 aliphatic carbocycles. The first kappa shape index (κ1) is 12.6. The molecule has 2 unspecified atom stereocenters. The molecule has 0 spiro atoms. The van der Waals surface area contributed by atoms with E-state index in [2.05, 4.69) is 4.98 Å². The maximum absolute atomic E-state index is 12.7. The number of nitrogens with zero attached hydrogens (tertiary/aromatic N) is 2. The van der Waals surface area contributed by atoms with Crippen LogP contribution < -0.4 is 11.4 Å². The van der Waals surface area contributed by atoms with Gasteiger partial charge in [0.05, 0.1) is 12.7 Å². The SMILES string of the molecule is CC(CO)OC(CF)n1ccc(N)nc1=O. The number of ether oxygens (including phenoxy) is 1. The molecule has 0 aromatic carbocycles. The molecule has 0 aliphatic heterocycles. The molecule has 0 saturated carbocycles. The van der Waals surface area contributed by atoms with Crippen molar-refractivity contribution in [3.63, 3.8) is 0 Å². The van der Waals surface area contributed by atoms with Crippen LogP contribution in [0.15, 0.2) is 17.1 Å². The van der Waals surface area contributed by atoms with Gasteiger partial charge in [0, 0.05) is 6.20 Å². The summed E-state index contributed by atoms with van der Waals surface area (Å²) in [5.74, 6) is 0.0639. The lowest BCUT2D eigenvalue weighted by molar-refractivity contribution is -0.0777. The van der Waals surface area contributed by atoms with Crippen LogP contribution in [0.5, 0.6) is 0 Å². The van der Waals surface area contributed by atoms with Crippen molar-refractivity contribution in [2.75, 3.05) is 19.0 Å². The van der Waals surface area contributed by atoms with Crippen LogP contribution in [0, 0.1) is 0 Å². The number of anilines is 1. The molecule has 7 heteroatoms. The van der Waals surface area contributed by atoms with E-state index in [1.807, 2.05) is 0 Å². The van der Waals surface area contributed by atoms with E-state index >= 15 is 0 Å². The molecule has 0 radical (unpaired) electrons. The third-order valence-corrected chi connectivity index (χ3v) is 1.94. The van der Waals surface area contributed by atoms with Crippen molar-refractivity contribution in [1.82, 2.24) is 9.55 Å². The van der Waals surface area contributed by atoms with Crippen LogP contribution in [0.1, 0.15) is 13.2 Å². The summed E-state index contributed by atoms with van der Waals surface area (Å²) in [4.78, 5) is 14.8. The van der Waals surface area contributed by atoms with Gasteiger partial charge >= 0.3 is 5.69 Å². The summed E-state index contributed by atoms with van der Waals surface area (Å²) in [6.45, 7) is 0.419. The number of halogens is 1. The molecule has 1 rings (SSSR count). The van der Waals surface area contributed by atoms with Crippen molar-refractivity contribution < 1.29 is 14.2 Å². The first-order valence-electron chi connectivity index (χ1n) is 4.75. The van der Waals surface area contributed by atoms with Gasteiger partial charge in [-0.25, -0.2) is 9.18 Å². The number of aliphatic hydroxyl groups is 1. The molecule has 6 nitrogen and oxygen atoms in total. The molecular formula is C9H14FN3O3. The second kappa shape index (κ2) is 5.57. The van der Waals surface area contributed by atoms with Crippen LogP contribution in [-0.2, 0) is 4.74 Å². The van der Waals surface area contributed by atoms with Crippen LogP contribution in [0.4, 0.5) is 10.2 Å². The van der Waals surface area contributed by atoms with Crippen LogP contribution in [0.25, 0.3) is 0 Å². The zero-order valence-electron chi connectivity index (χ0n) is 8.84. The molecule has 0 bridgehead atoms. The summed E-state index contributed by atoms with van der Waals surface area (Å²) in [5.41, 5.74) is 4.61. The van der Waals surface area contributed by atoms with E-state index in [1.54, 1.807) is 6.92 Å². The summed E-state index contributed by atoms with van der Waals surface area (Å²) in [6.07, 6.45) is -0.355. The van der Waals surface area contributed by atoms with Gasteiger partial charge in [-0.1, -0.05) is 0 Å². The van der Waals surface area contributed by atoms with E-state index in [4.69, 9.17) is 15.6 Å². The van der Waals surface area contributed by atoms with Crippen molar-refractivity contribution in [1.29, 1.82) is 0 Å². The van der Waals surface area contributed by atoms with Crippen molar-refractivity contribution in [3.05, 3.63) is 22.7 Å². The third-order valence-electron chi connectivity index (χ3n) is 1.94. The van der Waals surface area contributed by atoms with E-state index in [0.29, 0.717) is 0 Å². The Morgan fingerprint density at radius 3 is 2.94 bits per heavy atom. The fraction of sp³-hybridized carbons (Fsp3) is 0.556. The molecule has 2 atom stereocenters. The minimum atomic E-state index is -1.09. The molecule has 1 aromatic heterocycles. The van der Waals surface area contributed by atoms with Gasteiger partial charge in [-0.2, -0.15) is 4.98 Å². The highest BCUT2D eigenvalue weighted by Crippen LogP contribution is 2.09. The Morgan fingerprint density at radius 2 is 2.44 bits per heavy atom. The lowest BCUT2D eigenvalue weighted by Gasteiger charge is -2.20. The minimum Gasteiger partial charge on any atom is -0.394 e. The fourth-order valence-corrected chi connectivity index (χ4v) is 1.13. The topological polar surface area (TPSA) is 90.4 Å². The third kappa shape index (κ3) is 3.01. The number of nitrogen functional groups attached to an aromatic ring is 1. The van der Waals surface area contributed by atoms with Crippen molar-refractivity contribution in [3.8, 4) is 0 Å². The first-order chi connectivity index (χ1) is 7.58. The quantitative estimate of drug-likeness (QED) is 0.725. The number of nitrogens with two attached hydrogens (primary N) is 1. The van der Waals surface area contributed by atoms with E-state index in [-0.39, 0.29) is 12.4 Å². The smallest absolute Gasteiger partial charge is 0.351 e. The van der Waals surface area contributed by atoms with Crippen molar-refractivity contribution in [2.45, 2.75) is 19.3 Å². The zero-order valence-corrected chi connectivity index (χ0v) is 8.84. The largest absolute Gasteiger partial charge is 0.394 e. The summed E-state index contributed by atoms with van der Waals surface area (Å²) in [6, 6.07) is 1.37. The van der Waals surface area contributed by atoms with Crippen LogP contribution in [0.2, 0.25) is 0 Å². The van der Waals surface area contributed by atoms with Gasteiger partial charge in [-0.3, -0.25) is 4.57 Å². The van der Waals surface area contributed by atoms with Gasteiger partial charge in [0.2, 0.25) is 0 Å². The second-order valence-electron chi connectivity index (χ2n) is 3.28. The van der Waals surface area contributed by atoms with Gasteiger partial charge in [-0.15, -0.1) is 0 Å². The van der Waals surface area contributed by atoms with Crippen LogP contribution >= 0.6 is 0 Å². The summed E-state index contributed by atoms with van der Waals surface area (Å²) < 4.78 is 18.8. The van der Waals surface area contributed by atoms with Gasteiger partial charge in [-0.05, 0) is 13.0 Å². The van der Waals surface area contributed by atoms with Crippen LogP contribution in [0.3, 0.4) is 0 Å². The molecule has 0 saturated heterocycles. The molecular weight excluding hydrogens is 217 g/mol. The first-order valence-corrected chi connectivity index (χ1v) is 4.75. The fourth-order valence-electron chi connectivity index (χ4n) is 1.13. The van der Waals surface area contributed by atoms with Crippen LogP contribution in [-0.4, -0.2) is 34.0 Å². The molecule has 0 fully saturated rings. The summed E-state index contributed by atoms with van der Waals surface area (Å²) >= 11 is 0. The Kier molecular flexibility index (Phi) is 4.39. The molecule has 90 valence electrons. The predicted octanol–water partition coefficient (Wildman–Crippen LogP) is -0.309. The maximum Gasteiger partial charge on any atom is 0.351 e. The standard InChI is InChI=1S/C9H14FN3O3/c1-6(5-14)16-8(4-10)13-3-2-7(11)12-9(13)15/h2-3,6,8,14H,4-5H2,1H3,(H2,11,12,15). The molecule has 1 aromatic rings. The number of rotatable bonds is 5. The number of aromatic nitrogens is 2. The van der Waals surface area contributed by atoms with Gasteiger partial charge < -0.3 is 15.6 Å². The number of alkyl halides is 1. The highest BCUT2D eigenvalue weighted by molar-refractivity contribution is 5.23. The predicted molar refractivity (Wildman–Crippen MR) is 55.6 cm³/mol. The Hall–Kier alpha value is -1.47. The maximum atomic E-state index is 12.7. The molecule has 0 amide bonds. The zero-order chi connectivity index (χ0) is 12.1. The van der Waals surface area contributed by atoms with Gasteiger partial charge in [0.15, 0.2) is 6.23 Å². The van der Waals surface area contributed by atoms with Crippen molar-refractivity contribution in [2.24, 2.45) is 0 Å². The van der Waals surface area contributed by atoms with E-state index in [0.717, 1.165) is 4.57 Å². The van der Waals surface area contributed by atoms with Crippen molar-refractivity contribution >= 4 is 5.82 Å². The normalized spacial score (nSPS) is 14.7. The van der Waals surface area contributed by atoms with E-state index < -0.39 is 24.7 Å². The molecule has 0 aliphatic rings. The summed E-state index contributed by atoms with van der Waals surface area (Å²) in [5, 5.41) is 8.77. The Bertz CT molecular complexity index is 396. The second-order valence-corrected chi connectivity index (χ2v) is 3.28. The summed E-state index contributed by atoms with van der Waals surface area (Å²) in [7, 11) is 0. The average Bonchev–Trinajstić information content (AvgIpc) is 2.26. The van der Waals surface area contributed by atoms with Gasteiger partial charge in [0.25, 0.3) is 0 Å². The monoisotopic (exact) mass is 231 g/mol. The Morgan fingerprint density at radius 1 is 1.75 bits per heavy atom. The van der Waals surface area contributed by atoms with E-state index in [1.165, 1.54) is 12.3 Å². The lowest BCUT2D eigenvalue weighted by Crippen LogP contribution is -2.32. The molecule has 16 heavy (non-hydrogen) atoms. The lowest BCUT2D eigenvalue weighted by atomic mass is 10.4. The highest BCUT2D eigenvalue weighted by atomic mass is 19.1. The number of hydrogen-bond donors (Lipinski definition) is 2. The van der Waals surface area contributed by atoms with E-state index in [9.17, 15) is 9.18 Å². The number of aliphatic hydroxyl groups excluding tert-OH is 1. The Balaban J connectivity index is 2.91. The Labute approximate surface area is 91.5 Å². The highest BCUT2D eigenvalue weighted by Gasteiger charge is 2.16. The molecule has 3 N–H and O–H groups in total. The van der Waals surface area contributed by atoms with Gasteiger partial charge in [0.1, 0.15) is 12.5 Å². The average molecular weight is 231 g/mol. The molecule has 1 heterocycles. The minimum absolute atomic E-state index is 0.0639. The number of hydrogen-bond acceptors (Lipinski definition) is 5.